The number of aryl methyl sites for hydroxylation is 2. The van der Waals surface area contributed by atoms with E-state index in [0.29, 0.717) is 29.4 Å². The molecular weight excluding hydrogens is 330 g/mol. The molecular formula is C20H23N3O3. The van der Waals surface area contributed by atoms with E-state index in [2.05, 4.69) is 12.0 Å². The van der Waals surface area contributed by atoms with Gasteiger partial charge in [0.05, 0.1) is 19.9 Å². The summed E-state index contributed by atoms with van der Waals surface area (Å²) in [5, 5.41) is 13.4. The van der Waals surface area contributed by atoms with Gasteiger partial charge < -0.3 is 9.47 Å². The second kappa shape index (κ2) is 8.86. The molecule has 0 amide bonds. The Morgan fingerprint density at radius 3 is 2.69 bits per heavy atom. The second-order valence-electron chi connectivity index (χ2n) is 5.93. The van der Waals surface area contributed by atoms with Gasteiger partial charge in [-0.05, 0) is 55.7 Å². The zero-order valence-corrected chi connectivity index (χ0v) is 15.6. The highest BCUT2D eigenvalue weighted by Gasteiger charge is 2.09. The molecule has 6 nitrogen and oxygen atoms in total. The van der Waals surface area contributed by atoms with E-state index < -0.39 is 5.56 Å². The lowest BCUT2D eigenvalue weighted by Crippen LogP contribution is -2.22. The van der Waals surface area contributed by atoms with Crippen molar-refractivity contribution in [3.05, 3.63) is 57.0 Å². The number of rotatable bonds is 7. The maximum absolute atomic E-state index is 12.4. The van der Waals surface area contributed by atoms with E-state index in [1.807, 2.05) is 18.2 Å². The van der Waals surface area contributed by atoms with Crippen LogP contribution in [0.1, 0.15) is 42.1 Å². The third-order valence-electron chi connectivity index (χ3n) is 3.94. The Morgan fingerprint density at radius 1 is 1.27 bits per heavy atom. The van der Waals surface area contributed by atoms with Gasteiger partial charge in [-0.2, -0.15) is 10.4 Å². The van der Waals surface area contributed by atoms with Crippen molar-refractivity contribution < 1.29 is 9.47 Å². The van der Waals surface area contributed by atoms with Crippen molar-refractivity contribution in [1.29, 1.82) is 5.26 Å². The Kier molecular flexibility index (Phi) is 6.56. The lowest BCUT2D eigenvalue weighted by Gasteiger charge is -2.11. The highest BCUT2D eigenvalue weighted by atomic mass is 16.5. The average molecular weight is 353 g/mol. The molecule has 0 saturated carbocycles. The van der Waals surface area contributed by atoms with E-state index in [1.54, 1.807) is 39.3 Å². The van der Waals surface area contributed by atoms with Crippen LogP contribution in [0.2, 0.25) is 0 Å². The predicted octanol–water partition coefficient (Wildman–Crippen LogP) is 3.41. The molecule has 136 valence electrons. The van der Waals surface area contributed by atoms with E-state index in [0.717, 1.165) is 18.4 Å². The molecule has 6 heteroatoms. The number of unbranched alkanes of at least 4 members (excludes halogenated alkanes) is 1. The fraction of sp³-hybridized carbons (Fsp3) is 0.350. The molecule has 0 radical (unpaired) electrons. The monoisotopic (exact) mass is 353 g/mol. The molecule has 0 aliphatic rings. The number of hydrogen-bond acceptors (Lipinski definition) is 5. The van der Waals surface area contributed by atoms with Crippen LogP contribution in [0.15, 0.2) is 34.2 Å². The lowest BCUT2D eigenvalue weighted by atomic mass is 10.1. The fourth-order valence-corrected chi connectivity index (χ4v) is 2.50. The molecule has 0 unspecified atom stereocenters. The lowest BCUT2D eigenvalue weighted by molar-refractivity contribution is 0.288. The number of hydrogen-bond donors (Lipinski definition) is 0. The number of ether oxygens (including phenoxy) is 2. The van der Waals surface area contributed by atoms with Crippen LogP contribution in [0, 0.1) is 25.2 Å². The number of benzene rings is 1. The zero-order valence-electron chi connectivity index (χ0n) is 15.6. The number of methoxy groups -OCH3 is 1. The molecule has 0 aliphatic heterocycles. The summed E-state index contributed by atoms with van der Waals surface area (Å²) in [6.07, 6.45) is 3.56. The second-order valence-corrected chi connectivity index (χ2v) is 5.93. The molecule has 1 aromatic carbocycles. The molecule has 0 spiro atoms. The minimum absolute atomic E-state index is 0.103. The van der Waals surface area contributed by atoms with E-state index in [4.69, 9.17) is 14.7 Å². The van der Waals surface area contributed by atoms with E-state index >= 15 is 0 Å². The number of nitriles is 1. The van der Waals surface area contributed by atoms with Crippen LogP contribution in [0.4, 0.5) is 0 Å². The van der Waals surface area contributed by atoms with Gasteiger partial charge in [-0.1, -0.05) is 13.3 Å². The minimum atomic E-state index is -0.422. The van der Waals surface area contributed by atoms with Gasteiger partial charge in [0.1, 0.15) is 11.6 Å². The first-order valence-electron chi connectivity index (χ1n) is 8.50. The van der Waals surface area contributed by atoms with Gasteiger partial charge in [-0.3, -0.25) is 4.79 Å². The molecule has 2 rings (SSSR count). The van der Waals surface area contributed by atoms with Gasteiger partial charge in [0.25, 0.3) is 5.56 Å². The van der Waals surface area contributed by atoms with Crippen LogP contribution in [0.3, 0.4) is 0 Å². The Bertz CT molecular complexity index is 908. The first kappa shape index (κ1) is 19.3. The molecule has 2 aromatic rings. The number of pyridine rings is 1. The SMILES string of the molecule is CCCCOc1cc(/C=N\n2c(C)cc(C)c(C#N)c2=O)ccc1OC. The summed E-state index contributed by atoms with van der Waals surface area (Å²) >= 11 is 0. The summed E-state index contributed by atoms with van der Waals surface area (Å²) in [4.78, 5) is 12.4. The van der Waals surface area contributed by atoms with Crippen molar-refractivity contribution in [2.45, 2.75) is 33.6 Å². The van der Waals surface area contributed by atoms with E-state index in [1.165, 1.54) is 4.68 Å². The first-order chi connectivity index (χ1) is 12.5. The molecule has 0 saturated heterocycles. The highest BCUT2D eigenvalue weighted by Crippen LogP contribution is 2.27. The van der Waals surface area contributed by atoms with Gasteiger partial charge in [-0.25, -0.2) is 4.68 Å². The largest absolute Gasteiger partial charge is 0.493 e. The summed E-state index contributed by atoms with van der Waals surface area (Å²) in [5.41, 5.74) is 1.76. The Morgan fingerprint density at radius 2 is 2.04 bits per heavy atom. The van der Waals surface area contributed by atoms with Crippen molar-refractivity contribution in [3.8, 4) is 17.6 Å². The molecule has 1 aromatic heterocycles. The summed E-state index contributed by atoms with van der Waals surface area (Å²) in [7, 11) is 1.59. The molecule has 0 bridgehead atoms. The van der Waals surface area contributed by atoms with E-state index in [9.17, 15) is 4.79 Å². The summed E-state index contributed by atoms with van der Waals surface area (Å²) in [6, 6.07) is 9.15. The molecule has 0 atom stereocenters. The average Bonchev–Trinajstić information content (AvgIpc) is 2.62. The van der Waals surface area contributed by atoms with Crippen LogP contribution in [-0.2, 0) is 0 Å². The van der Waals surface area contributed by atoms with Crippen molar-refractivity contribution in [2.24, 2.45) is 5.10 Å². The van der Waals surface area contributed by atoms with Crippen LogP contribution in [0.25, 0.3) is 0 Å². The molecule has 0 N–H and O–H groups in total. The Hall–Kier alpha value is -3.07. The Balaban J connectivity index is 2.35. The van der Waals surface area contributed by atoms with Crippen LogP contribution >= 0.6 is 0 Å². The normalized spacial score (nSPS) is 10.7. The van der Waals surface area contributed by atoms with Gasteiger partial charge in [0.2, 0.25) is 0 Å². The summed E-state index contributed by atoms with van der Waals surface area (Å²) in [5.74, 6) is 1.28. The van der Waals surface area contributed by atoms with Gasteiger partial charge in [0, 0.05) is 5.69 Å². The molecule has 0 fully saturated rings. The van der Waals surface area contributed by atoms with Gasteiger partial charge in [-0.15, -0.1) is 0 Å². The zero-order chi connectivity index (χ0) is 19.1. The number of nitrogens with zero attached hydrogens (tertiary/aromatic N) is 3. The Labute approximate surface area is 153 Å². The maximum Gasteiger partial charge on any atom is 0.289 e. The van der Waals surface area contributed by atoms with Crippen molar-refractivity contribution >= 4 is 6.21 Å². The summed E-state index contributed by atoms with van der Waals surface area (Å²) in [6.45, 7) is 6.22. The highest BCUT2D eigenvalue weighted by molar-refractivity contribution is 5.80. The van der Waals surface area contributed by atoms with Gasteiger partial charge >= 0.3 is 0 Å². The summed E-state index contributed by atoms with van der Waals surface area (Å²) < 4.78 is 12.3. The molecule has 26 heavy (non-hydrogen) atoms. The van der Waals surface area contributed by atoms with E-state index in [-0.39, 0.29) is 5.56 Å². The van der Waals surface area contributed by atoms with Crippen molar-refractivity contribution in [1.82, 2.24) is 4.68 Å². The van der Waals surface area contributed by atoms with Crippen LogP contribution in [0.5, 0.6) is 11.5 Å². The van der Waals surface area contributed by atoms with Crippen molar-refractivity contribution in [3.63, 3.8) is 0 Å². The molecule has 0 aliphatic carbocycles. The maximum atomic E-state index is 12.4. The van der Waals surface area contributed by atoms with Crippen LogP contribution < -0.4 is 15.0 Å². The van der Waals surface area contributed by atoms with Gasteiger partial charge in [0.15, 0.2) is 11.5 Å². The standard InChI is InChI=1S/C20H23N3O3/c1-5-6-9-26-19-11-16(7-8-18(19)25-4)13-22-23-15(3)10-14(2)17(12-21)20(23)24/h7-8,10-11,13H,5-6,9H2,1-4H3/b22-13-. The minimum Gasteiger partial charge on any atom is -0.493 e. The predicted molar refractivity (Wildman–Crippen MR) is 101 cm³/mol. The quantitative estimate of drug-likeness (QED) is 0.564. The fourth-order valence-electron chi connectivity index (χ4n) is 2.50. The van der Waals surface area contributed by atoms with Crippen molar-refractivity contribution in [2.75, 3.05) is 13.7 Å². The van der Waals surface area contributed by atoms with Crippen LogP contribution in [-0.4, -0.2) is 24.6 Å². The topological polar surface area (TPSA) is 76.6 Å². The smallest absolute Gasteiger partial charge is 0.289 e. The first-order valence-corrected chi connectivity index (χ1v) is 8.50. The third-order valence-corrected chi connectivity index (χ3v) is 3.94. The third kappa shape index (κ3) is 4.31. The molecule has 1 heterocycles. The number of aromatic nitrogens is 1.